The largest absolute Gasteiger partial charge is 0.268 e. The Hall–Kier alpha value is -1.15. The van der Waals surface area contributed by atoms with Gasteiger partial charge in [-0.25, -0.2) is 13.1 Å². The van der Waals surface area contributed by atoms with Crippen molar-refractivity contribution in [3.8, 4) is 0 Å². The van der Waals surface area contributed by atoms with E-state index in [0.29, 0.717) is 4.47 Å². The van der Waals surface area contributed by atoms with Gasteiger partial charge in [0.2, 0.25) is 0 Å². The van der Waals surface area contributed by atoms with E-state index in [1.54, 1.807) is 17.5 Å². The molecule has 1 N–H and O–H groups in total. The van der Waals surface area contributed by atoms with E-state index < -0.39 is 15.9 Å². The third-order valence-corrected chi connectivity index (χ3v) is 4.87. The second kappa shape index (κ2) is 6.74. The molecule has 0 fully saturated rings. The molecule has 1 aromatic heterocycles. The second-order valence-corrected chi connectivity index (χ2v) is 7.63. The Kier molecular flexibility index (Phi) is 5.21. The van der Waals surface area contributed by atoms with Crippen molar-refractivity contribution >= 4 is 60.9 Å². The predicted octanol–water partition coefficient (Wildman–Crippen LogP) is 3.89. The molecule has 8 heteroatoms. The Morgan fingerprint density at radius 2 is 2.10 bits per heavy atom. The molecule has 0 spiro atoms. The van der Waals surface area contributed by atoms with Gasteiger partial charge in [0.05, 0.1) is 16.0 Å². The zero-order valence-electron chi connectivity index (χ0n) is 10.4. The van der Waals surface area contributed by atoms with Gasteiger partial charge >= 0.3 is 0 Å². The molecule has 2 rings (SSSR count). The number of benzene rings is 1. The second-order valence-electron chi connectivity index (χ2n) is 3.96. The maximum atomic E-state index is 11.9. The van der Waals surface area contributed by atoms with E-state index in [4.69, 9.17) is 11.6 Å². The average Bonchev–Trinajstić information content (AvgIpc) is 2.88. The lowest BCUT2D eigenvalue weighted by molar-refractivity contribution is 0.0982. The SMILES string of the molecule is O=C(NS(=O)(=O)/C=C/c1ccsc1)c1ccc(Br)cc1Cl. The zero-order valence-corrected chi connectivity index (χ0v) is 14.4. The van der Waals surface area contributed by atoms with Gasteiger partial charge in [-0.2, -0.15) is 11.3 Å². The van der Waals surface area contributed by atoms with Crippen LogP contribution in [0, 0.1) is 0 Å². The van der Waals surface area contributed by atoms with E-state index in [1.807, 2.05) is 10.1 Å². The number of amides is 1. The third-order valence-electron chi connectivity index (χ3n) is 2.39. The molecule has 0 saturated carbocycles. The van der Waals surface area contributed by atoms with Crippen LogP contribution in [0.1, 0.15) is 15.9 Å². The Bertz CT molecular complexity index is 786. The van der Waals surface area contributed by atoms with Crippen molar-refractivity contribution in [2.75, 3.05) is 0 Å². The van der Waals surface area contributed by atoms with Crippen LogP contribution in [0.15, 0.2) is 44.9 Å². The highest BCUT2D eigenvalue weighted by Crippen LogP contribution is 2.21. The van der Waals surface area contributed by atoms with Crippen LogP contribution in [-0.2, 0) is 10.0 Å². The number of hydrogen-bond donors (Lipinski definition) is 1. The van der Waals surface area contributed by atoms with Crippen molar-refractivity contribution in [1.82, 2.24) is 4.72 Å². The molecular weight excluding hydrogens is 398 g/mol. The molecule has 0 aliphatic carbocycles. The minimum Gasteiger partial charge on any atom is -0.268 e. The van der Waals surface area contributed by atoms with Crippen molar-refractivity contribution < 1.29 is 13.2 Å². The van der Waals surface area contributed by atoms with Crippen LogP contribution in [0.25, 0.3) is 6.08 Å². The molecule has 1 amide bonds. The number of nitrogens with one attached hydrogen (secondary N) is 1. The smallest absolute Gasteiger partial charge is 0.266 e. The highest BCUT2D eigenvalue weighted by Gasteiger charge is 2.16. The fraction of sp³-hybridized carbons (Fsp3) is 0. The Labute approximate surface area is 139 Å². The quantitative estimate of drug-likeness (QED) is 0.837. The summed E-state index contributed by atoms with van der Waals surface area (Å²) in [6.07, 6.45) is 1.41. The number of rotatable bonds is 4. The number of halogens is 2. The molecule has 0 saturated heterocycles. The molecule has 0 atom stereocenters. The molecule has 0 bridgehead atoms. The topological polar surface area (TPSA) is 63.2 Å². The average molecular weight is 407 g/mol. The van der Waals surface area contributed by atoms with Gasteiger partial charge < -0.3 is 0 Å². The zero-order chi connectivity index (χ0) is 15.5. The highest BCUT2D eigenvalue weighted by molar-refractivity contribution is 9.10. The van der Waals surface area contributed by atoms with Crippen molar-refractivity contribution in [1.29, 1.82) is 0 Å². The Morgan fingerprint density at radius 3 is 2.71 bits per heavy atom. The van der Waals surface area contributed by atoms with E-state index in [2.05, 4.69) is 15.9 Å². The van der Waals surface area contributed by atoms with Gasteiger partial charge in [0, 0.05) is 4.47 Å². The van der Waals surface area contributed by atoms with Crippen LogP contribution in [-0.4, -0.2) is 14.3 Å². The lowest BCUT2D eigenvalue weighted by atomic mass is 10.2. The number of carbonyl (C=O) groups is 1. The van der Waals surface area contributed by atoms with E-state index in [-0.39, 0.29) is 10.6 Å². The molecule has 0 aliphatic heterocycles. The van der Waals surface area contributed by atoms with Crippen LogP contribution in [0.3, 0.4) is 0 Å². The molecule has 21 heavy (non-hydrogen) atoms. The third kappa shape index (κ3) is 4.67. The van der Waals surface area contributed by atoms with E-state index >= 15 is 0 Å². The van der Waals surface area contributed by atoms with Gasteiger partial charge in [-0.1, -0.05) is 27.5 Å². The Balaban J connectivity index is 2.14. The summed E-state index contributed by atoms with van der Waals surface area (Å²) in [5.74, 6) is -0.775. The highest BCUT2D eigenvalue weighted by atomic mass is 79.9. The predicted molar refractivity (Wildman–Crippen MR) is 88.9 cm³/mol. The summed E-state index contributed by atoms with van der Waals surface area (Å²) in [4.78, 5) is 11.9. The molecule has 110 valence electrons. The summed E-state index contributed by atoms with van der Waals surface area (Å²) >= 11 is 10.6. The molecular formula is C13H9BrClNO3S2. The Morgan fingerprint density at radius 1 is 1.33 bits per heavy atom. The summed E-state index contributed by atoms with van der Waals surface area (Å²) in [5.41, 5.74) is 0.840. The van der Waals surface area contributed by atoms with Gasteiger partial charge in [0.25, 0.3) is 15.9 Å². The van der Waals surface area contributed by atoms with Crippen molar-refractivity contribution in [3.05, 3.63) is 61.1 Å². The molecule has 4 nitrogen and oxygen atoms in total. The van der Waals surface area contributed by atoms with Crippen LogP contribution in [0.4, 0.5) is 0 Å². The molecule has 1 aromatic carbocycles. The standard InChI is InChI=1S/C13H9BrClNO3S2/c14-10-1-2-11(12(15)7-10)13(17)16-21(18,19)6-4-9-3-5-20-8-9/h1-8H,(H,16,17)/b6-4+. The van der Waals surface area contributed by atoms with E-state index in [0.717, 1.165) is 11.0 Å². The maximum Gasteiger partial charge on any atom is 0.266 e. The minimum atomic E-state index is -3.88. The first kappa shape index (κ1) is 16.2. The fourth-order valence-electron chi connectivity index (χ4n) is 1.43. The monoisotopic (exact) mass is 405 g/mol. The summed E-state index contributed by atoms with van der Waals surface area (Å²) in [5, 5.41) is 4.73. The minimum absolute atomic E-state index is 0.0902. The summed E-state index contributed by atoms with van der Waals surface area (Å²) in [6, 6.07) is 6.34. The van der Waals surface area contributed by atoms with Crippen LogP contribution in [0.2, 0.25) is 5.02 Å². The van der Waals surface area contributed by atoms with Crippen LogP contribution in [0.5, 0.6) is 0 Å². The van der Waals surface area contributed by atoms with E-state index in [9.17, 15) is 13.2 Å². The number of thiophene rings is 1. The van der Waals surface area contributed by atoms with Crippen molar-refractivity contribution in [2.45, 2.75) is 0 Å². The molecule has 1 heterocycles. The summed E-state index contributed by atoms with van der Waals surface area (Å²) in [7, 11) is -3.88. The normalized spacial score (nSPS) is 11.7. The van der Waals surface area contributed by atoms with Crippen LogP contribution < -0.4 is 4.72 Å². The van der Waals surface area contributed by atoms with Gasteiger partial charge in [-0.15, -0.1) is 0 Å². The maximum absolute atomic E-state index is 11.9. The van der Waals surface area contributed by atoms with Crippen LogP contribution >= 0.6 is 38.9 Å². The number of sulfonamides is 1. The lowest BCUT2D eigenvalue weighted by Gasteiger charge is -2.05. The van der Waals surface area contributed by atoms with E-state index in [1.165, 1.54) is 29.5 Å². The lowest BCUT2D eigenvalue weighted by Crippen LogP contribution is -2.29. The van der Waals surface area contributed by atoms with Gasteiger partial charge in [-0.05, 0) is 46.7 Å². The first-order valence-electron chi connectivity index (χ1n) is 5.60. The number of carbonyl (C=O) groups excluding carboxylic acids is 1. The van der Waals surface area contributed by atoms with Crippen molar-refractivity contribution in [2.24, 2.45) is 0 Å². The summed E-state index contributed by atoms with van der Waals surface area (Å²) < 4.78 is 26.3. The molecule has 0 unspecified atom stereocenters. The number of hydrogen-bond acceptors (Lipinski definition) is 4. The first-order valence-corrected chi connectivity index (χ1v) is 9.26. The molecule has 0 radical (unpaired) electrons. The summed E-state index contributed by atoms with van der Waals surface area (Å²) in [6.45, 7) is 0. The molecule has 0 aliphatic rings. The fourth-order valence-corrected chi connectivity index (χ4v) is 3.59. The van der Waals surface area contributed by atoms with Crippen molar-refractivity contribution in [3.63, 3.8) is 0 Å². The van der Waals surface area contributed by atoms with Gasteiger partial charge in [0.1, 0.15) is 0 Å². The van der Waals surface area contributed by atoms with Gasteiger partial charge in [0.15, 0.2) is 0 Å². The molecule has 2 aromatic rings. The first-order chi connectivity index (χ1) is 9.87. The van der Waals surface area contributed by atoms with Gasteiger partial charge in [-0.3, -0.25) is 4.79 Å².